The highest BCUT2D eigenvalue weighted by Gasteiger charge is 1.97. The third kappa shape index (κ3) is 2.46. The van der Waals surface area contributed by atoms with Gasteiger partial charge in [0.25, 0.3) is 0 Å². The van der Waals surface area contributed by atoms with Gasteiger partial charge in [-0.05, 0) is 12.1 Å². The Morgan fingerprint density at radius 2 is 1.57 bits per heavy atom. The molecule has 0 atom stereocenters. The van der Waals surface area contributed by atoms with Crippen LogP contribution in [0.1, 0.15) is 6.42 Å². The van der Waals surface area contributed by atoms with Gasteiger partial charge >= 0.3 is 0 Å². The topological polar surface area (TPSA) is 8.81 Å². The molecule has 2 heteroatoms. The van der Waals surface area contributed by atoms with Crippen molar-refractivity contribution in [3.05, 3.63) is 55.1 Å². The normalized spacial score (nSPS) is 10.3. The van der Waals surface area contributed by atoms with E-state index in [1.807, 2.05) is 6.07 Å². The van der Waals surface area contributed by atoms with E-state index in [-0.39, 0.29) is 0 Å². The van der Waals surface area contributed by atoms with E-state index in [9.17, 15) is 0 Å². The van der Waals surface area contributed by atoms with Crippen molar-refractivity contribution in [1.82, 2.24) is 4.57 Å². The molecule has 0 unspecified atom stereocenters. The van der Waals surface area contributed by atoms with Gasteiger partial charge in [-0.15, -0.1) is 0 Å². The fourth-order valence-corrected chi connectivity index (χ4v) is 1.54. The molecule has 2 rings (SSSR count). The van der Waals surface area contributed by atoms with Crippen molar-refractivity contribution in [2.24, 2.45) is 0 Å². The maximum Gasteiger partial charge on any atom is 0.168 e. The standard InChI is InChI=1S/C12H15N2/c1-2-7-13(8-3-1)11-6-12-14-9-4-5-10-14/h1-5,7-10H,6,11-12H2/q+1. The van der Waals surface area contributed by atoms with E-state index in [2.05, 4.69) is 58.2 Å². The molecule has 2 nitrogen and oxygen atoms in total. The Morgan fingerprint density at radius 1 is 0.857 bits per heavy atom. The second-order valence-corrected chi connectivity index (χ2v) is 3.39. The van der Waals surface area contributed by atoms with Gasteiger partial charge in [-0.2, -0.15) is 0 Å². The molecule has 0 aliphatic rings. The van der Waals surface area contributed by atoms with E-state index in [1.165, 1.54) is 6.42 Å². The zero-order valence-electron chi connectivity index (χ0n) is 8.21. The molecule has 0 spiro atoms. The van der Waals surface area contributed by atoms with Crippen molar-refractivity contribution >= 4 is 0 Å². The average Bonchev–Trinajstić information content (AvgIpc) is 2.72. The van der Waals surface area contributed by atoms with Gasteiger partial charge in [0.1, 0.15) is 6.54 Å². The molecule has 0 bridgehead atoms. The molecule has 0 saturated heterocycles. The summed E-state index contributed by atoms with van der Waals surface area (Å²) in [7, 11) is 0. The summed E-state index contributed by atoms with van der Waals surface area (Å²) in [6.07, 6.45) is 9.60. The van der Waals surface area contributed by atoms with E-state index in [1.54, 1.807) is 0 Å². The lowest BCUT2D eigenvalue weighted by Crippen LogP contribution is -2.32. The van der Waals surface area contributed by atoms with Crippen LogP contribution in [-0.4, -0.2) is 4.57 Å². The SMILES string of the molecule is c1cc[n+](CCCn2cccc2)cc1. The van der Waals surface area contributed by atoms with Crippen molar-refractivity contribution in [2.75, 3.05) is 0 Å². The Hall–Kier alpha value is -1.57. The van der Waals surface area contributed by atoms with Crippen LogP contribution in [0.3, 0.4) is 0 Å². The summed E-state index contributed by atoms with van der Waals surface area (Å²) < 4.78 is 4.42. The first-order valence-corrected chi connectivity index (χ1v) is 5.00. The minimum atomic E-state index is 1.08. The van der Waals surface area contributed by atoms with Crippen LogP contribution >= 0.6 is 0 Å². The molecule has 2 aromatic rings. The van der Waals surface area contributed by atoms with Gasteiger partial charge in [-0.3, -0.25) is 0 Å². The molecular formula is C12H15N2+. The Kier molecular flexibility index (Phi) is 2.96. The van der Waals surface area contributed by atoms with Crippen molar-refractivity contribution in [1.29, 1.82) is 0 Å². The Bertz CT molecular complexity index is 351. The maximum atomic E-state index is 2.21. The van der Waals surface area contributed by atoms with E-state index in [4.69, 9.17) is 0 Å². The lowest BCUT2D eigenvalue weighted by atomic mass is 10.4. The fraction of sp³-hybridized carbons (Fsp3) is 0.250. The smallest absolute Gasteiger partial charge is 0.168 e. The summed E-state index contributed by atoms with van der Waals surface area (Å²) in [6.45, 7) is 2.17. The number of hydrogen-bond acceptors (Lipinski definition) is 0. The van der Waals surface area contributed by atoms with Gasteiger partial charge in [0.15, 0.2) is 12.4 Å². The molecule has 2 heterocycles. The van der Waals surface area contributed by atoms with Gasteiger partial charge in [0.2, 0.25) is 0 Å². The van der Waals surface area contributed by atoms with Gasteiger partial charge in [-0.25, -0.2) is 4.57 Å². The first-order valence-electron chi connectivity index (χ1n) is 5.00. The van der Waals surface area contributed by atoms with Gasteiger partial charge in [-0.1, -0.05) is 6.07 Å². The lowest BCUT2D eigenvalue weighted by molar-refractivity contribution is -0.697. The van der Waals surface area contributed by atoms with Gasteiger partial charge < -0.3 is 4.57 Å². The zero-order chi connectivity index (χ0) is 9.64. The molecule has 0 fully saturated rings. The highest BCUT2D eigenvalue weighted by atomic mass is 15.0. The van der Waals surface area contributed by atoms with Crippen molar-refractivity contribution in [3.63, 3.8) is 0 Å². The average molecular weight is 187 g/mol. The largest absolute Gasteiger partial charge is 0.354 e. The third-order valence-electron chi connectivity index (χ3n) is 2.28. The predicted octanol–water partition coefficient (Wildman–Crippen LogP) is 1.87. The molecule has 0 amide bonds. The molecule has 0 aromatic carbocycles. The van der Waals surface area contributed by atoms with E-state index < -0.39 is 0 Å². The number of nitrogens with zero attached hydrogens (tertiary/aromatic N) is 2. The number of hydrogen-bond donors (Lipinski definition) is 0. The van der Waals surface area contributed by atoms with Crippen LogP contribution in [0.15, 0.2) is 55.1 Å². The third-order valence-corrected chi connectivity index (χ3v) is 2.28. The lowest BCUT2D eigenvalue weighted by Gasteiger charge is -1.99. The second kappa shape index (κ2) is 4.61. The van der Waals surface area contributed by atoms with Crippen LogP contribution in [0.25, 0.3) is 0 Å². The van der Waals surface area contributed by atoms with Crippen LogP contribution in [0, 0.1) is 0 Å². The molecular weight excluding hydrogens is 172 g/mol. The first-order chi connectivity index (χ1) is 6.95. The van der Waals surface area contributed by atoms with Crippen molar-refractivity contribution in [2.45, 2.75) is 19.5 Å². The Morgan fingerprint density at radius 3 is 2.29 bits per heavy atom. The minimum Gasteiger partial charge on any atom is -0.354 e. The summed E-state index contributed by atoms with van der Waals surface area (Å²) in [5, 5.41) is 0. The molecule has 0 radical (unpaired) electrons. The summed E-state index contributed by atoms with van der Waals surface area (Å²) in [6, 6.07) is 10.3. The van der Waals surface area contributed by atoms with Crippen LogP contribution in [0.2, 0.25) is 0 Å². The number of aryl methyl sites for hydroxylation is 2. The maximum absolute atomic E-state index is 2.21. The monoisotopic (exact) mass is 187 g/mol. The molecule has 0 saturated carbocycles. The Labute approximate surface area is 84.4 Å². The second-order valence-electron chi connectivity index (χ2n) is 3.39. The van der Waals surface area contributed by atoms with Gasteiger partial charge in [0, 0.05) is 37.5 Å². The quantitative estimate of drug-likeness (QED) is 0.646. The first kappa shape index (κ1) is 9.00. The molecule has 0 aliphatic heterocycles. The van der Waals surface area contributed by atoms with Crippen LogP contribution in [-0.2, 0) is 13.1 Å². The Balaban J connectivity index is 1.79. The summed E-state index contributed by atoms with van der Waals surface area (Å²) in [4.78, 5) is 0. The molecule has 2 aromatic heterocycles. The molecule has 0 N–H and O–H groups in total. The van der Waals surface area contributed by atoms with Crippen LogP contribution < -0.4 is 4.57 Å². The van der Waals surface area contributed by atoms with E-state index >= 15 is 0 Å². The minimum absolute atomic E-state index is 1.08. The van der Waals surface area contributed by atoms with Gasteiger partial charge in [0.05, 0.1) is 0 Å². The predicted molar refractivity (Wildman–Crippen MR) is 55.7 cm³/mol. The molecule has 0 aliphatic carbocycles. The van der Waals surface area contributed by atoms with E-state index in [0.29, 0.717) is 0 Å². The number of pyridine rings is 1. The fourth-order valence-electron chi connectivity index (χ4n) is 1.54. The highest BCUT2D eigenvalue weighted by molar-refractivity contribution is 4.89. The van der Waals surface area contributed by atoms with Crippen LogP contribution in [0.4, 0.5) is 0 Å². The number of rotatable bonds is 4. The summed E-state index contributed by atoms with van der Waals surface area (Å²) in [5.41, 5.74) is 0. The van der Waals surface area contributed by atoms with Crippen molar-refractivity contribution < 1.29 is 4.57 Å². The molecule has 72 valence electrons. The summed E-state index contributed by atoms with van der Waals surface area (Å²) >= 11 is 0. The van der Waals surface area contributed by atoms with Crippen molar-refractivity contribution in [3.8, 4) is 0 Å². The zero-order valence-corrected chi connectivity index (χ0v) is 8.21. The molecule has 14 heavy (non-hydrogen) atoms. The number of aromatic nitrogens is 2. The van der Waals surface area contributed by atoms with E-state index in [0.717, 1.165) is 13.1 Å². The highest BCUT2D eigenvalue weighted by Crippen LogP contribution is 1.92. The van der Waals surface area contributed by atoms with Crippen LogP contribution in [0.5, 0.6) is 0 Å². The summed E-state index contributed by atoms with van der Waals surface area (Å²) in [5.74, 6) is 0.